The van der Waals surface area contributed by atoms with E-state index in [9.17, 15) is 0 Å². The highest BCUT2D eigenvalue weighted by Crippen LogP contribution is 2.45. The van der Waals surface area contributed by atoms with Crippen molar-refractivity contribution in [2.45, 2.75) is 33.1 Å². The second-order valence-corrected chi connectivity index (χ2v) is 7.03. The van der Waals surface area contributed by atoms with Crippen molar-refractivity contribution < 1.29 is 0 Å². The third-order valence-corrected chi connectivity index (χ3v) is 5.72. The molecule has 0 unspecified atom stereocenters. The van der Waals surface area contributed by atoms with E-state index in [1.807, 2.05) is 0 Å². The molecular weight excluding hydrogens is 308 g/mol. The minimum Gasteiger partial charge on any atom is -0.359 e. The molecule has 4 nitrogen and oxygen atoms in total. The van der Waals surface area contributed by atoms with E-state index in [4.69, 9.17) is 0 Å². The fourth-order valence-electron chi connectivity index (χ4n) is 3.93. The quantitative estimate of drug-likeness (QED) is 0.802. The molecule has 2 aliphatic heterocycles. The van der Waals surface area contributed by atoms with Crippen LogP contribution in [0.25, 0.3) is 0 Å². The van der Waals surface area contributed by atoms with Gasteiger partial charge in [0.2, 0.25) is 0 Å². The van der Waals surface area contributed by atoms with Gasteiger partial charge in [-0.25, -0.2) is 0 Å². The van der Waals surface area contributed by atoms with Gasteiger partial charge in [0.1, 0.15) is 12.3 Å². The van der Waals surface area contributed by atoms with Crippen LogP contribution in [0.5, 0.6) is 0 Å². The fraction of sp³-hybridized carbons (Fsp3) is 0.333. The van der Waals surface area contributed by atoms with E-state index in [1.54, 1.807) is 0 Å². The van der Waals surface area contributed by atoms with Gasteiger partial charge in [0.25, 0.3) is 0 Å². The molecular formula is C21H26N4. The summed E-state index contributed by atoms with van der Waals surface area (Å²) in [5.41, 5.74) is 6.42. The fourth-order valence-corrected chi connectivity index (χ4v) is 3.93. The maximum Gasteiger partial charge on any atom is 0.103 e. The van der Waals surface area contributed by atoms with Gasteiger partial charge >= 0.3 is 0 Å². The first-order chi connectivity index (χ1) is 12.0. The molecule has 130 valence electrons. The Labute approximate surface area is 150 Å². The molecule has 0 spiro atoms. The number of fused-ring (bicyclic) bond motifs is 1. The van der Waals surface area contributed by atoms with Crippen LogP contribution in [0.1, 0.15) is 19.4 Å². The van der Waals surface area contributed by atoms with E-state index in [0.717, 1.165) is 0 Å². The minimum atomic E-state index is 0.292. The van der Waals surface area contributed by atoms with Crippen LogP contribution >= 0.6 is 0 Å². The predicted octanol–water partition coefficient (Wildman–Crippen LogP) is 4.50. The van der Waals surface area contributed by atoms with Crippen molar-refractivity contribution in [3.05, 3.63) is 60.4 Å². The highest BCUT2D eigenvalue weighted by atomic mass is 15.4. The topological polar surface area (TPSA) is 13.0 Å². The molecule has 2 atom stereocenters. The molecule has 0 fully saturated rings. The molecule has 0 aliphatic carbocycles. The Morgan fingerprint density at radius 1 is 0.720 bits per heavy atom. The van der Waals surface area contributed by atoms with Gasteiger partial charge in [-0.05, 0) is 50.6 Å². The molecule has 2 heterocycles. The van der Waals surface area contributed by atoms with Crippen molar-refractivity contribution in [3.8, 4) is 0 Å². The summed E-state index contributed by atoms with van der Waals surface area (Å²) in [6.07, 6.45) is 4.93. The molecule has 0 radical (unpaired) electrons. The summed E-state index contributed by atoms with van der Waals surface area (Å²) in [5, 5.41) is 0. The molecule has 0 saturated carbocycles. The van der Waals surface area contributed by atoms with Crippen LogP contribution < -0.4 is 14.7 Å². The van der Waals surface area contributed by atoms with Gasteiger partial charge in [0.15, 0.2) is 0 Å². The van der Waals surface area contributed by atoms with E-state index in [0.29, 0.717) is 12.3 Å². The predicted molar refractivity (Wildman–Crippen MR) is 106 cm³/mol. The molecule has 0 N–H and O–H groups in total. The Balaban J connectivity index is 1.80. The summed E-state index contributed by atoms with van der Waals surface area (Å²) in [5.74, 6) is 0. The first-order valence-corrected chi connectivity index (χ1v) is 8.90. The third kappa shape index (κ3) is 2.28. The zero-order valence-corrected chi connectivity index (χ0v) is 15.6. The normalized spacial score (nSPS) is 22.1. The Bertz CT molecular complexity index is 828. The van der Waals surface area contributed by atoms with E-state index in [2.05, 4.69) is 109 Å². The highest BCUT2D eigenvalue weighted by Gasteiger charge is 2.33. The van der Waals surface area contributed by atoms with Crippen LogP contribution in [0.3, 0.4) is 0 Å². The van der Waals surface area contributed by atoms with Crippen LogP contribution in [0.4, 0.5) is 22.7 Å². The zero-order chi connectivity index (χ0) is 17.7. The van der Waals surface area contributed by atoms with Gasteiger partial charge in [0, 0.05) is 37.9 Å². The molecule has 0 aromatic heterocycles. The summed E-state index contributed by atoms with van der Waals surface area (Å²) in [4.78, 5) is 9.36. The summed E-state index contributed by atoms with van der Waals surface area (Å²) >= 11 is 0. The average molecular weight is 334 g/mol. The van der Waals surface area contributed by atoms with Crippen molar-refractivity contribution in [1.82, 2.24) is 4.90 Å². The SMILES string of the molecule is Cc1c(N2C=CN(C)[C@@H]2C)cccc1N1c2ccccc2N(C)[C@H]1C. The van der Waals surface area contributed by atoms with Crippen molar-refractivity contribution in [1.29, 1.82) is 0 Å². The number of para-hydroxylation sites is 2. The smallest absolute Gasteiger partial charge is 0.103 e. The second kappa shape index (κ2) is 5.73. The molecule has 0 bridgehead atoms. The summed E-state index contributed by atoms with van der Waals surface area (Å²) in [6, 6.07) is 15.3. The van der Waals surface area contributed by atoms with Crippen LogP contribution in [-0.4, -0.2) is 31.3 Å². The Morgan fingerprint density at radius 3 is 2.04 bits per heavy atom. The average Bonchev–Trinajstić information content (AvgIpc) is 3.07. The van der Waals surface area contributed by atoms with Crippen molar-refractivity contribution in [2.75, 3.05) is 28.8 Å². The van der Waals surface area contributed by atoms with Crippen molar-refractivity contribution in [3.63, 3.8) is 0 Å². The lowest BCUT2D eigenvalue weighted by atomic mass is 10.1. The molecule has 0 saturated heterocycles. The number of hydrogen-bond acceptors (Lipinski definition) is 4. The molecule has 2 aliphatic rings. The maximum atomic E-state index is 2.45. The third-order valence-electron chi connectivity index (χ3n) is 5.72. The zero-order valence-electron chi connectivity index (χ0n) is 15.6. The van der Waals surface area contributed by atoms with Gasteiger partial charge in [-0.15, -0.1) is 0 Å². The number of hydrogen-bond donors (Lipinski definition) is 0. The molecule has 25 heavy (non-hydrogen) atoms. The lowest BCUT2D eigenvalue weighted by Gasteiger charge is -2.32. The Kier molecular flexibility index (Phi) is 3.64. The van der Waals surface area contributed by atoms with Crippen LogP contribution in [0.2, 0.25) is 0 Å². The minimum absolute atomic E-state index is 0.292. The highest BCUT2D eigenvalue weighted by molar-refractivity contribution is 5.86. The van der Waals surface area contributed by atoms with E-state index in [-0.39, 0.29) is 0 Å². The van der Waals surface area contributed by atoms with E-state index in [1.165, 1.54) is 28.3 Å². The van der Waals surface area contributed by atoms with E-state index >= 15 is 0 Å². The standard InChI is InChI=1S/C21H26N4/c1-15-18(24-14-13-22(4)16(24)2)11-8-12-19(15)25-17(3)23(5)20-9-6-7-10-21(20)25/h6-14,16-17H,1-5H3/t16-,17+/m0/s1. The van der Waals surface area contributed by atoms with Crippen molar-refractivity contribution in [2.24, 2.45) is 0 Å². The number of nitrogens with zero attached hydrogens (tertiary/aromatic N) is 4. The molecule has 4 heteroatoms. The molecule has 2 aromatic rings. The van der Waals surface area contributed by atoms with Gasteiger partial charge in [-0.2, -0.15) is 0 Å². The number of anilines is 4. The maximum absolute atomic E-state index is 2.45. The molecule has 0 amide bonds. The number of benzene rings is 2. The molecule has 2 aromatic carbocycles. The summed E-state index contributed by atoms with van der Waals surface area (Å²) in [7, 11) is 4.29. The van der Waals surface area contributed by atoms with Crippen LogP contribution in [0.15, 0.2) is 54.9 Å². The largest absolute Gasteiger partial charge is 0.359 e. The monoisotopic (exact) mass is 334 g/mol. The lowest BCUT2D eigenvalue weighted by molar-refractivity contribution is 0.383. The van der Waals surface area contributed by atoms with Gasteiger partial charge in [-0.1, -0.05) is 18.2 Å². The first-order valence-electron chi connectivity index (χ1n) is 8.90. The second-order valence-electron chi connectivity index (χ2n) is 7.03. The lowest BCUT2D eigenvalue weighted by Crippen LogP contribution is -2.36. The Hall–Kier alpha value is -2.62. The first kappa shape index (κ1) is 15.9. The van der Waals surface area contributed by atoms with E-state index < -0.39 is 0 Å². The van der Waals surface area contributed by atoms with Gasteiger partial charge in [0.05, 0.1) is 11.4 Å². The Morgan fingerprint density at radius 2 is 1.36 bits per heavy atom. The number of rotatable bonds is 2. The molecule has 4 rings (SSSR count). The van der Waals surface area contributed by atoms with Gasteiger partial charge in [-0.3, -0.25) is 0 Å². The van der Waals surface area contributed by atoms with Gasteiger partial charge < -0.3 is 19.6 Å². The summed E-state index contributed by atoms with van der Waals surface area (Å²) in [6.45, 7) is 6.73. The van der Waals surface area contributed by atoms with Crippen LogP contribution in [0, 0.1) is 6.92 Å². The van der Waals surface area contributed by atoms with Crippen molar-refractivity contribution >= 4 is 22.7 Å². The van der Waals surface area contributed by atoms with Crippen LogP contribution in [-0.2, 0) is 0 Å². The summed E-state index contributed by atoms with van der Waals surface area (Å²) < 4.78 is 0.